The van der Waals surface area contributed by atoms with E-state index in [0.29, 0.717) is 0 Å². The fourth-order valence-electron chi connectivity index (χ4n) is 6.25. The van der Waals surface area contributed by atoms with Crippen LogP contribution in [0, 0.1) is 0 Å². The van der Waals surface area contributed by atoms with Crippen LogP contribution in [0.2, 0.25) is 0 Å². The zero-order valence-electron chi connectivity index (χ0n) is 27.0. The Bertz CT molecular complexity index is 1560. The van der Waals surface area contributed by atoms with Crippen LogP contribution in [0.3, 0.4) is 0 Å². The Labute approximate surface area is 276 Å². The number of para-hydroxylation sites is 1. The van der Waals surface area contributed by atoms with E-state index < -0.39 is 0 Å². The molecule has 5 rings (SSSR count). The first-order valence-electron chi connectivity index (χ1n) is 16.8. The summed E-state index contributed by atoms with van der Waals surface area (Å²) in [6.45, 7) is 5.05. The van der Waals surface area contributed by atoms with Crippen LogP contribution in [0.25, 0.3) is 21.3 Å². The number of hydrogen-bond acceptors (Lipinski definition) is 7. The summed E-state index contributed by atoms with van der Waals surface area (Å²) in [5, 5.41) is 6.53. The molecule has 1 amide bonds. The van der Waals surface area contributed by atoms with Gasteiger partial charge in [0.1, 0.15) is 17.4 Å². The van der Waals surface area contributed by atoms with Crippen molar-refractivity contribution in [3.05, 3.63) is 82.0 Å². The predicted molar refractivity (Wildman–Crippen MR) is 189 cm³/mol. The van der Waals surface area contributed by atoms with Gasteiger partial charge in [-0.3, -0.25) is 10.1 Å². The Morgan fingerprint density at radius 3 is 2.39 bits per heavy atom. The third-order valence-corrected chi connectivity index (χ3v) is 9.76. The third-order valence-electron chi connectivity index (χ3n) is 8.80. The highest BCUT2D eigenvalue weighted by atomic mass is 32.1. The molecule has 0 radical (unpaired) electrons. The highest BCUT2D eigenvalue weighted by Gasteiger charge is 2.22. The number of H-pyrrole nitrogens is 1. The van der Waals surface area contributed by atoms with Gasteiger partial charge < -0.3 is 24.7 Å². The second-order valence-corrected chi connectivity index (χ2v) is 13.1. The number of nitrogens with zero attached hydrogens (tertiary/aromatic N) is 1. The average Bonchev–Trinajstić information content (AvgIpc) is 3.48. The Morgan fingerprint density at radius 2 is 1.61 bits per heavy atom. The standard InChI is InChI=1S/C37H48N4O4S/c1-44-33-19-18-29(35-34(33)40-37(43)46-35)20-24-38-23-12-5-3-2-4-6-13-25-41-26-21-30(22-27-41)45-36(42)39-32-17-11-10-16-31(32)28-14-8-7-9-15-28/h7-11,14-19,30,38H,2-6,12-13,20-27H2,1H3,(H,39,42)(H,40,43). The van der Waals surface area contributed by atoms with E-state index in [2.05, 4.69) is 26.6 Å². The fraction of sp³-hybridized carbons (Fsp3) is 0.459. The van der Waals surface area contributed by atoms with E-state index in [1.807, 2.05) is 60.7 Å². The number of methoxy groups -OCH3 is 1. The lowest BCUT2D eigenvalue weighted by molar-refractivity contribution is 0.0585. The van der Waals surface area contributed by atoms with Gasteiger partial charge in [0, 0.05) is 18.7 Å². The Balaban J connectivity index is 0.861. The molecule has 0 spiro atoms. The lowest BCUT2D eigenvalue weighted by atomic mass is 10.0. The normalized spacial score (nSPS) is 14.0. The van der Waals surface area contributed by atoms with Gasteiger partial charge in [0.05, 0.1) is 17.5 Å². The molecule has 1 aliphatic rings. The summed E-state index contributed by atoms with van der Waals surface area (Å²) in [5.41, 5.74) is 4.83. The highest BCUT2D eigenvalue weighted by Crippen LogP contribution is 2.29. The zero-order valence-corrected chi connectivity index (χ0v) is 27.8. The minimum Gasteiger partial charge on any atom is -0.495 e. The zero-order chi connectivity index (χ0) is 32.0. The van der Waals surface area contributed by atoms with Crippen molar-refractivity contribution in [3.8, 4) is 16.9 Å². The number of ether oxygens (including phenoxy) is 2. The highest BCUT2D eigenvalue weighted by molar-refractivity contribution is 7.16. The van der Waals surface area contributed by atoms with Gasteiger partial charge in [-0.05, 0) is 75.0 Å². The SMILES string of the molecule is COc1ccc(CCNCCCCCCCCCN2CCC(OC(=O)Nc3ccccc3-c3ccccc3)CC2)c2sc(=O)[nH]c12. The molecule has 1 saturated heterocycles. The number of thiazole rings is 1. The largest absolute Gasteiger partial charge is 0.495 e. The van der Waals surface area contributed by atoms with E-state index in [9.17, 15) is 9.59 Å². The van der Waals surface area contributed by atoms with Crippen LogP contribution in [0.15, 0.2) is 71.5 Å². The molecular formula is C37H48N4O4S. The summed E-state index contributed by atoms with van der Waals surface area (Å²) in [5.74, 6) is 0.723. The van der Waals surface area contributed by atoms with Gasteiger partial charge in [-0.2, -0.15) is 0 Å². The number of anilines is 1. The first kappa shape index (κ1) is 33.7. The van der Waals surface area contributed by atoms with E-state index >= 15 is 0 Å². The second-order valence-electron chi connectivity index (χ2n) is 12.1. The number of benzene rings is 3. The molecule has 1 aliphatic heterocycles. The van der Waals surface area contributed by atoms with Gasteiger partial charge in [0.25, 0.3) is 0 Å². The minimum absolute atomic E-state index is 0.0280. The summed E-state index contributed by atoms with van der Waals surface area (Å²) in [6.07, 6.45) is 11.1. The van der Waals surface area contributed by atoms with Gasteiger partial charge in [-0.25, -0.2) is 4.79 Å². The quantitative estimate of drug-likeness (QED) is 0.101. The molecule has 9 heteroatoms. The van der Waals surface area contributed by atoms with Crippen LogP contribution >= 0.6 is 11.3 Å². The summed E-state index contributed by atoms with van der Waals surface area (Å²) in [6, 6.07) is 21.9. The number of piperidine rings is 1. The van der Waals surface area contributed by atoms with Crippen LogP contribution in [0.1, 0.15) is 63.4 Å². The number of carbonyl (C=O) groups is 1. The molecule has 1 fully saturated rings. The van der Waals surface area contributed by atoms with Gasteiger partial charge in [0.2, 0.25) is 0 Å². The van der Waals surface area contributed by atoms with Crippen molar-refractivity contribution in [1.29, 1.82) is 0 Å². The molecule has 0 atom stereocenters. The number of hydrogen-bond donors (Lipinski definition) is 3. The minimum atomic E-state index is -0.371. The molecule has 3 aromatic carbocycles. The first-order valence-corrected chi connectivity index (χ1v) is 17.7. The number of carbonyl (C=O) groups excluding carboxylic acids is 1. The molecule has 3 N–H and O–H groups in total. The number of fused-ring (bicyclic) bond motifs is 1. The number of nitrogens with one attached hydrogen (secondary N) is 3. The molecular weight excluding hydrogens is 596 g/mol. The third kappa shape index (κ3) is 9.92. The van der Waals surface area contributed by atoms with Crippen LogP contribution < -0.4 is 20.2 Å². The number of unbranched alkanes of at least 4 members (excludes halogenated alkanes) is 6. The number of amides is 1. The van der Waals surface area contributed by atoms with Gasteiger partial charge >= 0.3 is 11.0 Å². The molecule has 1 aromatic heterocycles. The van der Waals surface area contributed by atoms with E-state index in [0.717, 1.165) is 84.8 Å². The van der Waals surface area contributed by atoms with E-state index in [1.165, 1.54) is 61.8 Å². The number of aromatic amines is 1. The lowest BCUT2D eigenvalue weighted by Gasteiger charge is -2.31. The van der Waals surface area contributed by atoms with Crippen molar-refractivity contribution in [3.63, 3.8) is 0 Å². The lowest BCUT2D eigenvalue weighted by Crippen LogP contribution is -2.38. The summed E-state index contributed by atoms with van der Waals surface area (Å²) < 4.78 is 12.2. The molecule has 4 aromatic rings. The van der Waals surface area contributed by atoms with Crippen molar-refractivity contribution in [2.24, 2.45) is 0 Å². The molecule has 0 saturated carbocycles. The van der Waals surface area contributed by atoms with Crippen molar-refractivity contribution in [2.75, 3.05) is 45.2 Å². The topological polar surface area (TPSA) is 95.7 Å². The monoisotopic (exact) mass is 644 g/mol. The molecule has 0 unspecified atom stereocenters. The second kappa shape index (κ2) is 17.9. The van der Waals surface area contributed by atoms with E-state index in [1.54, 1.807) is 7.11 Å². The molecule has 0 aliphatic carbocycles. The van der Waals surface area contributed by atoms with E-state index in [4.69, 9.17) is 9.47 Å². The molecule has 0 bridgehead atoms. The number of aromatic nitrogens is 1. The van der Waals surface area contributed by atoms with Crippen molar-refractivity contribution in [1.82, 2.24) is 15.2 Å². The Hall–Kier alpha value is -3.66. The van der Waals surface area contributed by atoms with Gasteiger partial charge in [0.15, 0.2) is 0 Å². The van der Waals surface area contributed by atoms with Crippen molar-refractivity contribution < 1.29 is 14.3 Å². The van der Waals surface area contributed by atoms with Crippen LogP contribution in [-0.4, -0.2) is 61.9 Å². The Morgan fingerprint density at radius 1 is 0.891 bits per heavy atom. The maximum atomic E-state index is 12.7. The molecule has 2 heterocycles. The summed E-state index contributed by atoms with van der Waals surface area (Å²) >= 11 is 1.26. The first-order chi connectivity index (χ1) is 22.6. The smallest absolute Gasteiger partial charge is 0.411 e. The Kier molecular flexibility index (Phi) is 13.1. The maximum Gasteiger partial charge on any atom is 0.411 e. The fourth-order valence-corrected chi connectivity index (χ4v) is 7.14. The van der Waals surface area contributed by atoms with Crippen LogP contribution in [0.5, 0.6) is 5.75 Å². The predicted octanol–water partition coefficient (Wildman–Crippen LogP) is 7.84. The molecule has 46 heavy (non-hydrogen) atoms. The summed E-state index contributed by atoms with van der Waals surface area (Å²) in [4.78, 5) is 29.9. The average molecular weight is 645 g/mol. The van der Waals surface area contributed by atoms with Gasteiger partial charge in [-0.15, -0.1) is 0 Å². The number of rotatable bonds is 17. The molecule has 246 valence electrons. The number of likely N-dealkylation sites (tertiary alicyclic amines) is 1. The van der Waals surface area contributed by atoms with Crippen molar-refractivity contribution >= 4 is 33.3 Å². The van der Waals surface area contributed by atoms with Crippen LogP contribution in [-0.2, 0) is 11.2 Å². The van der Waals surface area contributed by atoms with Gasteiger partial charge in [-0.1, -0.05) is 98.0 Å². The van der Waals surface area contributed by atoms with Crippen molar-refractivity contribution in [2.45, 2.75) is 70.3 Å². The van der Waals surface area contributed by atoms with Crippen LogP contribution in [0.4, 0.5) is 10.5 Å². The summed E-state index contributed by atoms with van der Waals surface area (Å²) in [7, 11) is 1.63. The van der Waals surface area contributed by atoms with E-state index in [-0.39, 0.29) is 17.1 Å². The molecule has 8 nitrogen and oxygen atoms in total. The maximum absolute atomic E-state index is 12.7.